The molecule has 0 radical (unpaired) electrons. The summed E-state index contributed by atoms with van der Waals surface area (Å²) in [5, 5.41) is 6.13. The fourth-order valence-corrected chi connectivity index (χ4v) is 3.14. The molecule has 0 unspecified atom stereocenters. The minimum atomic E-state index is -0.201. The van der Waals surface area contributed by atoms with E-state index in [2.05, 4.69) is 22.5 Å². The number of nitrogens with one attached hydrogen (secondary N) is 2. The molecule has 6 heteroatoms. The van der Waals surface area contributed by atoms with Crippen LogP contribution in [-0.4, -0.2) is 74.0 Å². The maximum absolute atomic E-state index is 12.7. The van der Waals surface area contributed by atoms with Crippen LogP contribution in [0.5, 0.6) is 0 Å². The van der Waals surface area contributed by atoms with Crippen LogP contribution in [0.4, 0.5) is 0 Å². The Morgan fingerprint density at radius 2 is 1.76 bits per heavy atom. The normalized spacial score (nSPS) is 22.9. The van der Waals surface area contributed by atoms with E-state index in [1.165, 1.54) is 0 Å². The van der Waals surface area contributed by atoms with Crippen molar-refractivity contribution in [1.29, 1.82) is 0 Å². The number of amides is 2. The Bertz CT molecular complexity index is 372. The first-order valence-electron chi connectivity index (χ1n) is 8.04. The molecule has 6 nitrogen and oxygen atoms in total. The van der Waals surface area contributed by atoms with Crippen LogP contribution in [0.2, 0.25) is 0 Å². The van der Waals surface area contributed by atoms with Gasteiger partial charge in [-0.2, -0.15) is 0 Å². The van der Waals surface area contributed by atoms with E-state index in [0.717, 1.165) is 52.1 Å². The summed E-state index contributed by atoms with van der Waals surface area (Å²) in [4.78, 5) is 28.4. The number of hydrogen-bond acceptors (Lipinski definition) is 4. The molecule has 0 bridgehead atoms. The van der Waals surface area contributed by atoms with Gasteiger partial charge in [0.2, 0.25) is 11.8 Å². The van der Waals surface area contributed by atoms with Gasteiger partial charge in [-0.3, -0.25) is 14.5 Å². The summed E-state index contributed by atoms with van der Waals surface area (Å²) in [5.74, 6) is 0.365. The van der Waals surface area contributed by atoms with Crippen molar-refractivity contribution in [3.05, 3.63) is 0 Å². The molecule has 0 aromatic rings. The van der Waals surface area contributed by atoms with Gasteiger partial charge in [0.1, 0.15) is 0 Å². The molecular weight excluding hydrogens is 268 g/mol. The third-order valence-electron chi connectivity index (χ3n) is 4.62. The average molecular weight is 296 g/mol. The maximum Gasteiger partial charge on any atom is 0.234 e. The second-order valence-corrected chi connectivity index (χ2v) is 6.33. The van der Waals surface area contributed by atoms with E-state index in [9.17, 15) is 9.59 Å². The summed E-state index contributed by atoms with van der Waals surface area (Å²) in [6.07, 6.45) is 1.84. The smallest absolute Gasteiger partial charge is 0.234 e. The van der Waals surface area contributed by atoms with Crippen LogP contribution in [0, 0.1) is 5.41 Å². The highest BCUT2D eigenvalue weighted by atomic mass is 16.2. The minimum absolute atomic E-state index is 0.0718. The number of rotatable bonds is 4. The predicted molar refractivity (Wildman–Crippen MR) is 81.9 cm³/mol. The van der Waals surface area contributed by atoms with Crippen LogP contribution >= 0.6 is 0 Å². The Labute approximate surface area is 127 Å². The molecule has 2 heterocycles. The zero-order valence-electron chi connectivity index (χ0n) is 13.3. The van der Waals surface area contributed by atoms with Gasteiger partial charge in [0.25, 0.3) is 0 Å². The molecule has 2 rings (SSSR count). The van der Waals surface area contributed by atoms with Gasteiger partial charge in [0, 0.05) is 38.1 Å². The Balaban J connectivity index is 1.80. The number of nitrogens with zero attached hydrogens (tertiary/aromatic N) is 2. The summed E-state index contributed by atoms with van der Waals surface area (Å²) in [7, 11) is 0. The van der Waals surface area contributed by atoms with Crippen molar-refractivity contribution in [3.63, 3.8) is 0 Å². The van der Waals surface area contributed by atoms with Crippen LogP contribution in [0.3, 0.4) is 0 Å². The second-order valence-electron chi connectivity index (χ2n) is 6.33. The van der Waals surface area contributed by atoms with Gasteiger partial charge in [0.05, 0.1) is 6.54 Å². The van der Waals surface area contributed by atoms with Gasteiger partial charge in [-0.25, -0.2) is 0 Å². The van der Waals surface area contributed by atoms with Crippen LogP contribution in [0.25, 0.3) is 0 Å². The first kappa shape index (κ1) is 16.2. The fraction of sp³-hybridized carbons (Fsp3) is 0.867. The molecule has 0 aromatic carbocycles. The molecule has 0 aromatic heterocycles. The molecule has 0 atom stereocenters. The third kappa shape index (κ3) is 4.17. The Hall–Kier alpha value is -1.14. The monoisotopic (exact) mass is 296 g/mol. The van der Waals surface area contributed by atoms with E-state index in [1.54, 1.807) is 0 Å². The van der Waals surface area contributed by atoms with E-state index >= 15 is 0 Å². The van der Waals surface area contributed by atoms with E-state index in [4.69, 9.17) is 0 Å². The summed E-state index contributed by atoms with van der Waals surface area (Å²) in [5.41, 5.74) is -0.201. The van der Waals surface area contributed by atoms with Crippen molar-refractivity contribution >= 4 is 11.8 Å². The topological polar surface area (TPSA) is 64.7 Å². The molecule has 120 valence electrons. The van der Waals surface area contributed by atoms with Gasteiger partial charge in [-0.05, 0) is 32.9 Å². The lowest BCUT2D eigenvalue weighted by atomic mass is 9.79. The number of piperazine rings is 1. The molecular formula is C15H28N4O2. The first-order valence-corrected chi connectivity index (χ1v) is 8.04. The van der Waals surface area contributed by atoms with Gasteiger partial charge in [-0.1, -0.05) is 6.92 Å². The SMILES string of the molecule is CCNC(=O)CN1CCN(C(=O)C2(C)CCNCC2)CC1. The first-order chi connectivity index (χ1) is 10.0. The highest BCUT2D eigenvalue weighted by molar-refractivity contribution is 5.82. The lowest BCUT2D eigenvalue weighted by Crippen LogP contribution is -2.55. The number of carbonyl (C=O) groups excluding carboxylic acids is 2. The fourth-order valence-electron chi connectivity index (χ4n) is 3.14. The standard InChI is InChI=1S/C15H28N4O2/c1-3-17-13(20)12-18-8-10-19(11-9-18)14(21)15(2)4-6-16-7-5-15/h16H,3-12H2,1-2H3,(H,17,20). The molecule has 2 fully saturated rings. The quantitative estimate of drug-likeness (QED) is 0.745. The second kappa shape index (κ2) is 7.22. The summed E-state index contributed by atoms with van der Waals surface area (Å²) < 4.78 is 0. The van der Waals surface area contributed by atoms with E-state index in [0.29, 0.717) is 19.0 Å². The number of piperidine rings is 1. The lowest BCUT2D eigenvalue weighted by molar-refractivity contribution is -0.144. The van der Waals surface area contributed by atoms with Crippen molar-refractivity contribution in [1.82, 2.24) is 20.4 Å². The van der Waals surface area contributed by atoms with E-state index in [1.807, 2.05) is 11.8 Å². The maximum atomic E-state index is 12.7. The number of carbonyl (C=O) groups is 2. The lowest BCUT2D eigenvalue weighted by Gasteiger charge is -2.41. The van der Waals surface area contributed by atoms with Gasteiger partial charge in [0.15, 0.2) is 0 Å². The van der Waals surface area contributed by atoms with Gasteiger partial charge in [-0.15, -0.1) is 0 Å². The highest BCUT2D eigenvalue weighted by Gasteiger charge is 2.38. The molecule has 2 amide bonds. The van der Waals surface area contributed by atoms with Gasteiger partial charge >= 0.3 is 0 Å². The Morgan fingerprint density at radius 1 is 1.14 bits per heavy atom. The highest BCUT2D eigenvalue weighted by Crippen LogP contribution is 2.30. The molecule has 21 heavy (non-hydrogen) atoms. The van der Waals surface area contributed by atoms with Crippen molar-refractivity contribution in [2.75, 3.05) is 52.4 Å². The van der Waals surface area contributed by atoms with E-state index in [-0.39, 0.29) is 11.3 Å². The molecule has 2 aliphatic heterocycles. The van der Waals surface area contributed by atoms with Crippen LogP contribution in [-0.2, 0) is 9.59 Å². The molecule has 2 saturated heterocycles. The van der Waals surface area contributed by atoms with Crippen LogP contribution in [0.15, 0.2) is 0 Å². The molecule has 2 N–H and O–H groups in total. The Kier molecular flexibility index (Phi) is 5.58. The minimum Gasteiger partial charge on any atom is -0.355 e. The van der Waals surface area contributed by atoms with Gasteiger partial charge < -0.3 is 15.5 Å². The largest absolute Gasteiger partial charge is 0.355 e. The summed E-state index contributed by atoms with van der Waals surface area (Å²) in [6.45, 7) is 10.0. The average Bonchev–Trinajstić information content (AvgIpc) is 2.48. The molecule has 0 spiro atoms. The Morgan fingerprint density at radius 3 is 2.33 bits per heavy atom. The third-order valence-corrected chi connectivity index (χ3v) is 4.62. The van der Waals surface area contributed by atoms with Crippen molar-refractivity contribution in [3.8, 4) is 0 Å². The molecule has 0 aliphatic carbocycles. The number of hydrogen-bond donors (Lipinski definition) is 2. The predicted octanol–water partition coefficient (Wildman–Crippen LogP) is -0.344. The van der Waals surface area contributed by atoms with Crippen LogP contribution in [0.1, 0.15) is 26.7 Å². The number of likely N-dealkylation sites (N-methyl/N-ethyl adjacent to an activating group) is 1. The zero-order chi connectivity index (χ0) is 15.3. The molecule has 0 saturated carbocycles. The van der Waals surface area contributed by atoms with Crippen LogP contribution < -0.4 is 10.6 Å². The zero-order valence-corrected chi connectivity index (χ0v) is 13.3. The summed E-state index contributed by atoms with van der Waals surface area (Å²) in [6, 6.07) is 0. The summed E-state index contributed by atoms with van der Waals surface area (Å²) >= 11 is 0. The van der Waals surface area contributed by atoms with Crippen molar-refractivity contribution < 1.29 is 9.59 Å². The van der Waals surface area contributed by atoms with E-state index < -0.39 is 0 Å². The molecule has 2 aliphatic rings. The van der Waals surface area contributed by atoms with Crippen molar-refractivity contribution in [2.45, 2.75) is 26.7 Å². The van der Waals surface area contributed by atoms with Crippen molar-refractivity contribution in [2.24, 2.45) is 5.41 Å².